The fourth-order valence-electron chi connectivity index (χ4n) is 3.39. The second-order valence-electron chi connectivity index (χ2n) is 7.14. The zero-order chi connectivity index (χ0) is 20.6. The maximum absolute atomic E-state index is 6.09. The van der Waals surface area contributed by atoms with Crippen LogP contribution in [0.5, 0.6) is 0 Å². The molecule has 3 aromatic rings. The summed E-state index contributed by atoms with van der Waals surface area (Å²) < 4.78 is 4.24. The Morgan fingerprint density at radius 3 is 2.76 bits per heavy atom. The molecule has 0 bridgehead atoms. The number of nitrogens with one attached hydrogen (secondary N) is 1. The summed E-state index contributed by atoms with van der Waals surface area (Å²) in [7, 11) is 5.81. The van der Waals surface area contributed by atoms with Crippen LogP contribution >= 0.6 is 11.6 Å². The average Bonchev–Trinajstić information content (AvgIpc) is 3.28. The highest BCUT2D eigenvalue weighted by atomic mass is 35.5. The number of aromatic nitrogens is 3. The van der Waals surface area contributed by atoms with Crippen molar-refractivity contribution < 1.29 is 0 Å². The summed E-state index contributed by atoms with van der Waals surface area (Å²) in [6.07, 6.45) is 7.96. The first-order valence-electron chi connectivity index (χ1n) is 9.83. The number of hydrogen-bond donors (Lipinski definition) is 1. The van der Waals surface area contributed by atoms with Gasteiger partial charge in [0.25, 0.3) is 0 Å². The number of aliphatic imine (C=N–C) groups is 1. The lowest BCUT2D eigenvalue weighted by molar-refractivity contribution is 0.459. The van der Waals surface area contributed by atoms with E-state index in [-0.39, 0.29) is 0 Å². The van der Waals surface area contributed by atoms with Gasteiger partial charge in [0.1, 0.15) is 5.82 Å². The Labute approximate surface area is 177 Å². The van der Waals surface area contributed by atoms with Crippen molar-refractivity contribution in [1.29, 1.82) is 0 Å². The van der Waals surface area contributed by atoms with Crippen molar-refractivity contribution >= 4 is 17.6 Å². The van der Waals surface area contributed by atoms with Gasteiger partial charge in [0.15, 0.2) is 5.96 Å². The summed E-state index contributed by atoms with van der Waals surface area (Å²) in [5.41, 5.74) is 2.50. The average molecular weight is 413 g/mol. The minimum absolute atomic E-state index is 0.628. The van der Waals surface area contributed by atoms with E-state index in [9.17, 15) is 0 Å². The Morgan fingerprint density at radius 1 is 1.28 bits per heavy atom. The first-order valence-corrected chi connectivity index (χ1v) is 10.2. The van der Waals surface area contributed by atoms with Crippen LogP contribution in [-0.2, 0) is 33.1 Å². The molecule has 29 heavy (non-hydrogen) atoms. The molecule has 0 spiro atoms. The number of rotatable bonds is 8. The lowest BCUT2D eigenvalue weighted by Crippen LogP contribution is -2.38. The fourth-order valence-corrected chi connectivity index (χ4v) is 3.67. The van der Waals surface area contributed by atoms with Crippen LogP contribution in [0.4, 0.5) is 0 Å². The van der Waals surface area contributed by atoms with Gasteiger partial charge in [-0.3, -0.25) is 4.99 Å². The Hall–Kier alpha value is -2.73. The van der Waals surface area contributed by atoms with Crippen LogP contribution in [0, 0.1) is 0 Å². The molecule has 154 valence electrons. The van der Waals surface area contributed by atoms with Crippen molar-refractivity contribution in [1.82, 2.24) is 24.3 Å². The summed E-state index contributed by atoms with van der Waals surface area (Å²) in [5.74, 6) is 1.83. The Balaban J connectivity index is 1.52. The molecule has 2 aromatic heterocycles. The molecular formula is C22H29ClN6. The third-order valence-corrected chi connectivity index (χ3v) is 5.17. The van der Waals surface area contributed by atoms with E-state index in [4.69, 9.17) is 11.6 Å². The highest BCUT2D eigenvalue weighted by Crippen LogP contribution is 2.14. The molecule has 0 unspecified atom stereocenters. The predicted octanol–water partition coefficient (Wildman–Crippen LogP) is 3.72. The minimum atomic E-state index is 0.628. The standard InChI is InChI=1S/C22H29ClN6/c1-24-22(28(3)17-20-14-19(23)16-27(20)2)26-15-21-25-11-13-29(21)12-7-10-18-8-5-4-6-9-18/h4-6,8-9,11,13-14,16H,7,10,12,15,17H2,1-3H3,(H,24,26). The van der Waals surface area contributed by atoms with Gasteiger partial charge in [0, 0.05) is 52.0 Å². The molecular weight excluding hydrogens is 384 g/mol. The Bertz CT molecular complexity index is 928. The number of guanidine groups is 1. The normalized spacial score (nSPS) is 11.7. The third-order valence-electron chi connectivity index (χ3n) is 4.96. The molecule has 0 saturated carbocycles. The molecule has 2 heterocycles. The van der Waals surface area contributed by atoms with Crippen molar-refractivity contribution in [2.75, 3.05) is 14.1 Å². The Morgan fingerprint density at radius 2 is 2.07 bits per heavy atom. The zero-order valence-corrected chi connectivity index (χ0v) is 18.1. The quantitative estimate of drug-likeness (QED) is 0.453. The number of halogens is 1. The molecule has 0 atom stereocenters. The monoisotopic (exact) mass is 412 g/mol. The molecule has 1 N–H and O–H groups in total. The van der Waals surface area contributed by atoms with Crippen LogP contribution in [0.15, 0.2) is 60.0 Å². The highest BCUT2D eigenvalue weighted by Gasteiger charge is 2.11. The van der Waals surface area contributed by atoms with Gasteiger partial charge < -0.3 is 19.4 Å². The first-order chi connectivity index (χ1) is 14.1. The summed E-state index contributed by atoms with van der Waals surface area (Å²) in [6.45, 7) is 2.29. The molecule has 0 aliphatic rings. The van der Waals surface area contributed by atoms with Crippen molar-refractivity contribution in [3.05, 3.63) is 77.1 Å². The van der Waals surface area contributed by atoms with Gasteiger partial charge in [-0.2, -0.15) is 0 Å². The van der Waals surface area contributed by atoms with Crippen molar-refractivity contribution in [2.24, 2.45) is 12.0 Å². The van der Waals surface area contributed by atoms with E-state index in [1.807, 2.05) is 43.3 Å². The number of benzene rings is 1. The van der Waals surface area contributed by atoms with Crippen molar-refractivity contribution in [3.63, 3.8) is 0 Å². The predicted molar refractivity (Wildman–Crippen MR) is 119 cm³/mol. The van der Waals surface area contributed by atoms with Crippen LogP contribution in [0.2, 0.25) is 5.02 Å². The van der Waals surface area contributed by atoms with Crippen LogP contribution in [-0.4, -0.2) is 39.1 Å². The van der Waals surface area contributed by atoms with Crippen LogP contribution in [0.25, 0.3) is 0 Å². The molecule has 0 aliphatic heterocycles. The second kappa shape index (κ2) is 10.2. The van der Waals surface area contributed by atoms with E-state index < -0.39 is 0 Å². The van der Waals surface area contributed by atoms with Crippen molar-refractivity contribution in [3.8, 4) is 0 Å². The van der Waals surface area contributed by atoms with Crippen LogP contribution in [0.1, 0.15) is 23.5 Å². The first kappa shape index (κ1) is 21.0. The van der Waals surface area contributed by atoms with E-state index in [0.29, 0.717) is 13.1 Å². The van der Waals surface area contributed by atoms with E-state index in [1.165, 1.54) is 5.56 Å². The maximum atomic E-state index is 6.09. The molecule has 7 heteroatoms. The smallest absolute Gasteiger partial charge is 0.194 e. The topological polar surface area (TPSA) is 50.4 Å². The summed E-state index contributed by atoms with van der Waals surface area (Å²) in [6, 6.07) is 12.6. The van der Waals surface area contributed by atoms with Gasteiger partial charge in [-0.25, -0.2) is 4.98 Å². The molecule has 0 radical (unpaired) electrons. The van der Waals surface area contributed by atoms with E-state index in [0.717, 1.165) is 41.9 Å². The van der Waals surface area contributed by atoms with Gasteiger partial charge in [-0.05, 0) is 24.5 Å². The number of hydrogen-bond acceptors (Lipinski definition) is 2. The third kappa shape index (κ3) is 5.87. The number of aryl methyl sites for hydroxylation is 3. The molecule has 0 fully saturated rings. The fraction of sp³-hybridized carbons (Fsp3) is 0.364. The molecule has 1 aromatic carbocycles. The highest BCUT2D eigenvalue weighted by molar-refractivity contribution is 6.30. The van der Waals surface area contributed by atoms with Crippen LogP contribution < -0.4 is 5.32 Å². The van der Waals surface area contributed by atoms with Crippen LogP contribution in [0.3, 0.4) is 0 Å². The number of imidazole rings is 1. The van der Waals surface area contributed by atoms with Gasteiger partial charge in [0.05, 0.1) is 18.1 Å². The van der Waals surface area contributed by atoms with E-state index >= 15 is 0 Å². The zero-order valence-electron chi connectivity index (χ0n) is 17.3. The molecule has 6 nitrogen and oxygen atoms in total. The SMILES string of the molecule is CN=C(NCc1nccn1CCCc1ccccc1)N(C)Cc1cc(Cl)cn1C. The number of nitrogens with zero attached hydrogens (tertiary/aromatic N) is 5. The molecule has 0 amide bonds. The molecule has 3 rings (SSSR count). The maximum Gasteiger partial charge on any atom is 0.194 e. The van der Waals surface area contributed by atoms with Crippen molar-refractivity contribution in [2.45, 2.75) is 32.5 Å². The van der Waals surface area contributed by atoms with Gasteiger partial charge >= 0.3 is 0 Å². The van der Waals surface area contributed by atoms with E-state index in [2.05, 4.69) is 55.1 Å². The largest absolute Gasteiger partial charge is 0.351 e. The molecule has 0 saturated heterocycles. The lowest BCUT2D eigenvalue weighted by Gasteiger charge is -2.22. The van der Waals surface area contributed by atoms with Gasteiger partial charge in [-0.15, -0.1) is 0 Å². The van der Waals surface area contributed by atoms with E-state index in [1.54, 1.807) is 7.05 Å². The second-order valence-corrected chi connectivity index (χ2v) is 7.58. The molecule has 0 aliphatic carbocycles. The van der Waals surface area contributed by atoms with Gasteiger partial charge in [0.2, 0.25) is 0 Å². The minimum Gasteiger partial charge on any atom is -0.351 e. The summed E-state index contributed by atoms with van der Waals surface area (Å²) >= 11 is 6.09. The lowest BCUT2D eigenvalue weighted by atomic mass is 10.1. The Kier molecular flexibility index (Phi) is 7.36. The summed E-state index contributed by atoms with van der Waals surface area (Å²) in [5, 5.41) is 4.16. The summed E-state index contributed by atoms with van der Waals surface area (Å²) in [4.78, 5) is 11.0. The van der Waals surface area contributed by atoms with Gasteiger partial charge in [-0.1, -0.05) is 41.9 Å².